The van der Waals surface area contributed by atoms with Crippen molar-refractivity contribution in [3.05, 3.63) is 59.4 Å². The highest BCUT2D eigenvalue weighted by Crippen LogP contribution is 2.17. The zero-order valence-corrected chi connectivity index (χ0v) is 14.2. The number of carbonyl (C=O) groups is 2. The first kappa shape index (κ1) is 17.1. The van der Waals surface area contributed by atoms with Crippen LogP contribution in [0.1, 0.15) is 33.3 Å². The number of benzene rings is 1. The Morgan fingerprint density at radius 2 is 1.96 bits per heavy atom. The molecule has 0 unspecified atom stereocenters. The second kappa shape index (κ2) is 7.90. The van der Waals surface area contributed by atoms with Gasteiger partial charge in [0.05, 0.1) is 13.2 Å². The Labute approximate surface area is 146 Å². The summed E-state index contributed by atoms with van der Waals surface area (Å²) in [5, 5.41) is 2.91. The SMILES string of the molecule is CCc1ccccc1NC(=O)c1ccnc(C(=O)N2CCOCC2)c1. The molecule has 0 radical (unpaired) electrons. The van der Waals surface area contributed by atoms with Gasteiger partial charge in [0.15, 0.2) is 0 Å². The van der Waals surface area contributed by atoms with Crippen LogP contribution < -0.4 is 5.32 Å². The number of ether oxygens (including phenoxy) is 1. The number of nitrogens with zero attached hydrogens (tertiary/aromatic N) is 2. The van der Waals surface area contributed by atoms with Crippen molar-refractivity contribution in [1.82, 2.24) is 9.88 Å². The standard InChI is InChI=1S/C19H21N3O3/c1-2-14-5-3-4-6-16(14)21-18(23)15-7-8-20-17(13-15)19(24)22-9-11-25-12-10-22/h3-8,13H,2,9-12H2,1H3,(H,21,23). The number of hydrogen-bond acceptors (Lipinski definition) is 4. The van der Waals surface area contributed by atoms with Crippen LogP contribution in [0.25, 0.3) is 0 Å². The molecule has 0 spiro atoms. The van der Waals surface area contributed by atoms with Gasteiger partial charge >= 0.3 is 0 Å². The number of carbonyl (C=O) groups excluding carboxylic acids is 2. The van der Waals surface area contributed by atoms with Crippen LogP contribution in [-0.4, -0.2) is 48.0 Å². The highest BCUT2D eigenvalue weighted by molar-refractivity contribution is 6.06. The third kappa shape index (κ3) is 4.03. The molecule has 0 saturated carbocycles. The molecule has 0 bridgehead atoms. The fraction of sp³-hybridized carbons (Fsp3) is 0.316. The zero-order chi connectivity index (χ0) is 17.6. The van der Waals surface area contributed by atoms with Gasteiger partial charge in [-0.2, -0.15) is 0 Å². The predicted molar refractivity (Wildman–Crippen MR) is 94.7 cm³/mol. The Morgan fingerprint density at radius 3 is 2.72 bits per heavy atom. The quantitative estimate of drug-likeness (QED) is 0.928. The largest absolute Gasteiger partial charge is 0.378 e. The number of amides is 2. The average Bonchev–Trinajstić information content (AvgIpc) is 2.68. The van der Waals surface area contributed by atoms with Crippen LogP contribution in [-0.2, 0) is 11.2 Å². The number of hydrogen-bond donors (Lipinski definition) is 1. The lowest BCUT2D eigenvalue weighted by molar-refractivity contribution is 0.0299. The topological polar surface area (TPSA) is 71.5 Å². The first-order chi connectivity index (χ1) is 12.2. The smallest absolute Gasteiger partial charge is 0.272 e. The number of anilines is 1. The minimum absolute atomic E-state index is 0.174. The maximum absolute atomic E-state index is 12.5. The number of nitrogens with one attached hydrogen (secondary N) is 1. The van der Waals surface area contributed by atoms with E-state index in [1.54, 1.807) is 17.0 Å². The normalized spacial score (nSPS) is 14.2. The molecule has 1 fully saturated rings. The summed E-state index contributed by atoms with van der Waals surface area (Å²) in [6.07, 6.45) is 2.32. The van der Waals surface area contributed by atoms with Gasteiger partial charge in [-0.05, 0) is 30.2 Å². The second-order valence-corrected chi connectivity index (χ2v) is 5.80. The molecule has 3 rings (SSSR count). The first-order valence-corrected chi connectivity index (χ1v) is 8.41. The van der Waals surface area contributed by atoms with Crippen molar-refractivity contribution in [1.29, 1.82) is 0 Å². The fourth-order valence-corrected chi connectivity index (χ4v) is 2.76. The Balaban J connectivity index is 1.76. The van der Waals surface area contributed by atoms with E-state index >= 15 is 0 Å². The number of para-hydroxylation sites is 1. The van der Waals surface area contributed by atoms with Crippen LogP contribution >= 0.6 is 0 Å². The molecule has 1 aromatic heterocycles. The summed E-state index contributed by atoms with van der Waals surface area (Å²) in [7, 11) is 0. The Morgan fingerprint density at radius 1 is 1.20 bits per heavy atom. The van der Waals surface area contributed by atoms with Crippen LogP contribution in [0.4, 0.5) is 5.69 Å². The summed E-state index contributed by atoms with van der Waals surface area (Å²) in [5.41, 5.74) is 2.54. The van der Waals surface area contributed by atoms with Crippen LogP contribution in [0.3, 0.4) is 0 Å². The first-order valence-electron chi connectivity index (χ1n) is 8.41. The molecule has 6 heteroatoms. The Hall–Kier alpha value is -2.73. The monoisotopic (exact) mass is 339 g/mol. The summed E-state index contributed by atoms with van der Waals surface area (Å²) < 4.78 is 5.26. The minimum Gasteiger partial charge on any atom is -0.378 e. The van der Waals surface area contributed by atoms with Crippen LogP contribution in [0, 0.1) is 0 Å². The predicted octanol–water partition coefficient (Wildman–Crippen LogP) is 2.37. The van der Waals surface area contributed by atoms with E-state index in [1.165, 1.54) is 6.20 Å². The molecule has 1 aromatic carbocycles. The molecule has 6 nitrogen and oxygen atoms in total. The van der Waals surface area contributed by atoms with Crippen molar-refractivity contribution in [2.75, 3.05) is 31.6 Å². The third-order valence-electron chi connectivity index (χ3n) is 4.19. The minimum atomic E-state index is -0.251. The number of rotatable bonds is 4. The lowest BCUT2D eigenvalue weighted by Gasteiger charge is -2.26. The number of aryl methyl sites for hydroxylation is 1. The molecule has 1 saturated heterocycles. The highest BCUT2D eigenvalue weighted by atomic mass is 16.5. The molecule has 25 heavy (non-hydrogen) atoms. The summed E-state index contributed by atoms with van der Waals surface area (Å²) in [6.45, 7) is 4.18. The Bertz CT molecular complexity index is 770. The van der Waals surface area contributed by atoms with Crippen molar-refractivity contribution in [2.24, 2.45) is 0 Å². The third-order valence-corrected chi connectivity index (χ3v) is 4.19. The molecule has 2 heterocycles. The zero-order valence-electron chi connectivity index (χ0n) is 14.2. The van der Waals surface area contributed by atoms with E-state index in [0.29, 0.717) is 31.9 Å². The van der Waals surface area contributed by atoms with Gasteiger partial charge in [0.2, 0.25) is 0 Å². The van der Waals surface area contributed by atoms with Gasteiger partial charge < -0.3 is 15.0 Å². The van der Waals surface area contributed by atoms with E-state index in [4.69, 9.17) is 4.74 Å². The van der Waals surface area contributed by atoms with Crippen molar-refractivity contribution in [3.63, 3.8) is 0 Å². The van der Waals surface area contributed by atoms with Crippen LogP contribution in [0.15, 0.2) is 42.6 Å². The van der Waals surface area contributed by atoms with E-state index in [-0.39, 0.29) is 17.5 Å². The molecular formula is C19H21N3O3. The lowest BCUT2D eigenvalue weighted by Crippen LogP contribution is -2.41. The number of morpholine rings is 1. The van der Waals surface area contributed by atoms with Crippen LogP contribution in [0.5, 0.6) is 0 Å². The summed E-state index contributed by atoms with van der Waals surface area (Å²) >= 11 is 0. The van der Waals surface area contributed by atoms with E-state index in [1.807, 2.05) is 31.2 Å². The molecular weight excluding hydrogens is 318 g/mol. The molecule has 130 valence electrons. The number of pyridine rings is 1. The molecule has 1 aliphatic rings. The van der Waals surface area contributed by atoms with Gasteiger partial charge in [-0.1, -0.05) is 25.1 Å². The van der Waals surface area contributed by atoms with E-state index < -0.39 is 0 Å². The van der Waals surface area contributed by atoms with E-state index in [2.05, 4.69) is 10.3 Å². The summed E-state index contributed by atoms with van der Waals surface area (Å²) in [5.74, 6) is -0.425. The second-order valence-electron chi connectivity index (χ2n) is 5.80. The van der Waals surface area contributed by atoms with Gasteiger partial charge in [0.25, 0.3) is 11.8 Å². The molecule has 2 aromatic rings. The van der Waals surface area contributed by atoms with Crippen molar-refractivity contribution in [2.45, 2.75) is 13.3 Å². The Kier molecular flexibility index (Phi) is 5.40. The van der Waals surface area contributed by atoms with Gasteiger partial charge in [-0.3, -0.25) is 14.6 Å². The average molecular weight is 339 g/mol. The maximum Gasteiger partial charge on any atom is 0.272 e. The highest BCUT2D eigenvalue weighted by Gasteiger charge is 2.20. The van der Waals surface area contributed by atoms with Gasteiger partial charge in [-0.25, -0.2) is 0 Å². The molecule has 2 amide bonds. The number of aromatic nitrogens is 1. The summed E-state index contributed by atoms with van der Waals surface area (Å²) in [6, 6.07) is 10.8. The van der Waals surface area contributed by atoms with Gasteiger partial charge in [0.1, 0.15) is 5.69 Å². The van der Waals surface area contributed by atoms with Crippen molar-refractivity contribution < 1.29 is 14.3 Å². The lowest BCUT2D eigenvalue weighted by atomic mass is 10.1. The van der Waals surface area contributed by atoms with Crippen LogP contribution in [0.2, 0.25) is 0 Å². The maximum atomic E-state index is 12.5. The van der Waals surface area contributed by atoms with E-state index in [9.17, 15) is 9.59 Å². The van der Waals surface area contributed by atoms with Crippen molar-refractivity contribution >= 4 is 17.5 Å². The fourth-order valence-electron chi connectivity index (χ4n) is 2.76. The van der Waals surface area contributed by atoms with E-state index in [0.717, 1.165) is 17.7 Å². The molecule has 1 N–H and O–H groups in total. The van der Waals surface area contributed by atoms with Gasteiger partial charge in [0, 0.05) is 30.5 Å². The molecule has 0 atom stereocenters. The molecule has 0 aliphatic carbocycles. The van der Waals surface area contributed by atoms with Crippen molar-refractivity contribution in [3.8, 4) is 0 Å². The molecule has 1 aliphatic heterocycles. The van der Waals surface area contributed by atoms with Gasteiger partial charge in [-0.15, -0.1) is 0 Å². The summed E-state index contributed by atoms with van der Waals surface area (Å²) in [4.78, 5) is 30.9.